The van der Waals surface area contributed by atoms with Gasteiger partial charge in [-0.2, -0.15) is 0 Å². The predicted octanol–water partition coefficient (Wildman–Crippen LogP) is -0.411. The summed E-state index contributed by atoms with van der Waals surface area (Å²) < 4.78 is 17.7. The Labute approximate surface area is 58.0 Å². The summed E-state index contributed by atoms with van der Waals surface area (Å²) in [4.78, 5) is 13.4. The molecule has 6 nitrogen and oxygen atoms in total. The number of carbonyl (C=O) groups excluding carboxylic acids is 1. The lowest BCUT2D eigenvalue weighted by molar-refractivity contribution is 0.0531. The van der Waals surface area contributed by atoms with Crippen LogP contribution in [0.4, 0.5) is 4.79 Å². The third kappa shape index (κ3) is 4.15. The van der Waals surface area contributed by atoms with Crippen molar-refractivity contribution < 1.29 is 18.4 Å². The first-order valence-corrected chi connectivity index (χ1v) is 2.98. The molecular weight excluding hydrogens is 172 g/mol. The topological polar surface area (TPSA) is 92.9 Å². The van der Waals surface area contributed by atoms with Crippen molar-refractivity contribution in [1.29, 1.82) is 0 Å². The average molecular weight is 175 g/mol. The van der Waals surface area contributed by atoms with Gasteiger partial charge in [-0.3, -0.25) is 4.55 Å². The summed E-state index contributed by atoms with van der Waals surface area (Å²) in [5.41, 5.74) is 4.40. The van der Waals surface area contributed by atoms with E-state index in [0.717, 1.165) is 0 Å². The van der Waals surface area contributed by atoms with E-state index in [-0.39, 0.29) is 3.99 Å². The molecule has 0 aromatic carbocycles. The summed E-state index contributed by atoms with van der Waals surface area (Å²) in [6.45, 7) is 0. The van der Waals surface area contributed by atoms with Gasteiger partial charge in [0.15, 0.2) is 0 Å². The van der Waals surface area contributed by atoms with Crippen LogP contribution >= 0.6 is 11.8 Å². The van der Waals surface area contributed by atoms with E-state index in [4.69, 9.17) is 16.3 Å². The second-order valence-electron chi connectivity index (χ2n) is 0.854. The van der Waals surface area contributed by atoms with Gasteiger partial charge in [-0.25, -0.2) is 9.00 Å². The maximum atomic E-state index is 9.81. The van der Waals surface area contributed by atoms with Gasteiger partial charge in [-0.1, -0.05) is 0 Å². The fourth-order valence-corrected chi connectivity index (χ4v) is 0.308. The Hall–Kier alpha value is -0.370. The summed E-state index contributed by atoms with van der Waals surface area (Å²) >= 11 is 2.22. The van der Waals surface area contributed by atoms with Crippen LogP contribution in [0.2, 0.25) is 0 Å². The quantitative estimate of drug-likeness (QED) is 0.338. The maximum absolute atomic E-state index is 9.81. The molecule has 8 heteroatoms. The van der Waals surface area contributed by atoms with E-state index in [9.17, 15) is 9.00 Å². The number of hydrogen-bond acceptors (Lipinski definition) is 3. The minimum Gasteiger partial charge on any atom is -0.333 e. The zero-order valence-electron chi connectivity index (χ0n) is 3.98. The van der Waals surface area contributed by atoms with E-state index in [0.29, 0.717) is 0 Å². The van der Waals surface area contributed by atoms with Crippen molar-refractivity contribution in [2.45, 2.75) is 0 Å². The summed E-state index contributed by atoms with van der Waals surface area (Å²) in [5, 5.41) is 0. The molecule has 0 aliphatic rings. The Morgan fingerprint density at radius 3 is 2.44 bits per heavy atom. The summed E-state index contributed by atoms with van der Waals surface area (Å²) in [7, 11) is 0. The molecule has 54 valence electrons. The van der Waals surface area contributed by atoms with Crippen LogP contribution in [0.25, 0.3) is 0 Å². The van der Waals surface area contributed by atoms with E-state index in [2.05, 4.69) is 10.6 Å². The largest absolute Gasteiger partial charge is 0.425 e. The monoisotopic (exact) mass is 174 g/mol. The third-order valence-electron chi connectivity index (χ3n) is 0.285. The molecule has 0 saturated carbocycles. The molecule has 0 saturated heterocycles. The molecule has 0 rings (SSSR count). The number of nitrogens with two attached hydrogens (primary N) is 1. The first kappa shape index (κ1) is 8.63. The molecule has 3 N–H and O–H groups in total. The summed E-state index contributed by atoms with van der Waals surface area (Å²) in [5.74, 6) is 0. The van der Waals surface area contributed by atoms with Crippen molar-refractivity contribution in [3.05, 3.63) is 0 Å². The second kappa shape index (κ2) is 3.62. The van der Waals surface area contributed by atoms with E-state index >= 15 is 0 Å². The number of nitrogens with zero attached hydrogens (tertiary/aromatic N) is 1. The lowest BCUT2D eigenvalue weighted by Gasteiger charge is -2.03. The van der Waals surface area contributed by atoms with Crippen molar-refractivity contribution >= 4 is 29.1 Å². The highest BCUT2D eigenvalue weighted by atomic mass is 35.5. The number of carbonyl (C=O) groups is 1. The molecule has 1 amide bonds. The fraction of sp³-hybridized carbons (Fsp3) is 0. The van der Waals surface area contributed by atoms with Gasteiger partial charge in [0.05, 0.1) is 3.99 Å². The van der Waals surface area contributed by atoms with Crippen molar-refractivity contribution in [2.75, 3.05) is 0 Å². The van der Waals surface area contributed by atoms with Gasteiger partial charge < -0.3 is 10.6 Å². The first-order chi connectivity index (χ1) is 4.04. The van der Waals surface area contributed by atoms with Crippen LogP contribution in [0, 0.1) is 0 Å². The predicted molar refractivity (Wildman–Crippen MR) is 29.1 cm³/mol. The highest BCUT2D eigenvalue weighted by Crippen LogP contribution is 1.96. The molecule has 1 atom stereocenters. The standard InChI is InChI=1S/CH3ClN2O4S/c2-4(9(6)7)8-1(3)5/h(H2,3,5)(H,6,7). The molecule has 0 spiro atoms. The molecule has 0 fully saturated rings. The smallest absolute Gasteiger partial charge is 0.333 e. The van der Waals surface area contributed by atoms with Crippen molar-refractivity contribution in [3.8, 4) is 0 Å². The zero-order chi connectivity index (χ0) is 7.44. The van der Waals surface area contributed by atoms with Crippen LogP contribution in [0.3, 0.4) is 0 Å². The molecular formula is CH3ClN2O4S. The highest BCUT2D eigenvalue weighted by molar-refractivity contribution is 7.77. The van der Waals surface area contributed by atoms with E-state index in [1.165, 1.54) is 0 Å². The summed E-state index contributed by atoms with van der Waals surface area (Å²) in [6.07, 6.45) is -1.26. The Bertz CT molecular complexity index is 139. The van der Waals surface area contributed by atoms with Crippen LogP contribution in [0.1, 0.15) is 0 Å². The fourth-order valence-electron chi connectivity index (χ4n) is 0.103. The Kier molecular flexibility index (Phi) is 3.47. The molecule has 0 aromatic rings. The van der Waals surface area contributed by atoms with Gasteiger partial charge in [0, 0.05) is 11.8 Å². The van der Waals surface area contributed by atoms with Gasteiger partial charge in [-0.05, 0) is 0 Å². The molecule has 0 aliphatic heterocycles. The van der Waals surface area contributed by atoms with Gasteiger partial charge in [0.1, 0.15) is 0 Å². The Morgan fingerprint density at radius 1 is 1.89 bits per heavy atom. The van der Waals surface area contributed by atoms with Crippen LogP contribution in [0.5, 0.6) is 0 Å². The minimum absolute atomic E-state index is 0.109. The molecule has 0 heterocycles. The highest BCUT2D eigenvalue weighted by Gasteiger charge is 2.10. The van der Waals surface area contributed by atoms with E-state index < -0.39 is 17.4 Å². The summed E-state index contributed by atoms with van der Waals surface area (Å²) in [6, 6.07) is 0. The normalized spacial score (nSPS) is 13.2. The molecule has 1 unspecified atom stereocenters. The van der Waals surface area contributed by atoms with Crippen LogP contribution in [-0.4, -0.2) is 18.8 Å². The Balaban J connectivity index is 3.63. The lowest BCUT2D eigenvalue weighted by Crippen LogP contribution is -2.24. The molecule has 0 radical (unpaired) electrons. The maximum Gasteiger partial charge on any atom is 0.425 e. The number of primary amides is 1. The SMILES string of the molecule is NC(=O)ON(Cl)S(=O)O. The minimum atomic E-state index is -2.56. The van der Waals surface area contributed by atoms with Crippen LogP contribution in [0.15, 0.2) is 0 Å². The molecule has 0 bridgehead atoms. The van der Waals surface area contributed by atoms with E-state index in [1.807, 2.05) is 0 Å². The molecule has 0 aromatic heterocycles. The van der Waals surface area contributed by atoms with Crippen molar-refractivity contribution in [1.82, 2.24) is 3.99 Å². The van der Waals surface area contributed by atoms with Crippen LogP contribution in [-0.2, 0) is 16.1 Å². The van der Waals surface area contributed by atoms with Crippen LogP contribution < -0.4 is 5.73 Å². The lowest BCUT2D eigenvalue weighted by atomic mass is 11.3. The van der Waals surface area contributed by atoms with Gasteiger partial charge >= 0.3 is 6.09 Å². The number of hydrogen-bond donors (Lipinski definition) is 2. The Morgan fingerprint density at radius 2 is 2.33 bits per heavy atom. The average Bonchev–Trinajstić information content (AvgIpc) is 1.63. The van der Waals surface area contributed by atoms with Crippen molar-refractivity contribution in [2.24, 2.45) is 5.73 Å². The van der Waals surface area contributed by atoms with Gasteiger partial charge in [0.25, 0.3) is 11.3 Å². The number of halogens is 1. The van der Waals surface area contributed by atoms with Crippen molar-refractivity contribution in [3.63, 3.8) is 0 Å². The second-order valence-corrected chi connectivity index (χ2v) is 2.15. The third-order valence-corrected chi connectivity index (χ3v) is 1.03. The van der Waals surface area contributed by atoms with Gasteiger partial charge in [0.2, 0.25) is 0 Å². The zero-order valence-corrected chi connectivity index (χ0v) is 5.56. The number of rotatable bonds is 2. The van der Waals surface area contributed by atoms with Gasteiger partial charge in [-0.15, -0.1) is 0 Å². The first-order valence-electron chi connectivity index (χ1n) is 1.58. The molecule has 9 heavy (non-hydrogen) atoms. The van der Waals surface area contributed by atoms with E-state index in [1.54, 1.807) is 0 Å². The molecule has 0 aliphatic carbocycles. The number of amides is 1.